The molecule has 0 amide bonds. The van der Waals surface area contributed by atoms with Crippen LogP contribution in [0.3, 0.4) is 0 Å². The summed E-state index contributed by atoms with van der Waals surface area (Å²) in [6, 6.07) is 0. The van der Waals surface area contributed by atoms with Gasteiger partial charge < -0.3 is 10.2 Å². The number of aliphatic hydroxyl groups is 2. The summed E-state index contributed by atoms with van der Waals surface area (Å²) in [5, 5.41) is 20.3. The number of hydrogen-bond donors (Lipinski definition) is 2. The molecular weight excluding hydrogens is 212 g/mol. The molecule has 3 rings (SSSR count). The minimum Gasteiger partial charge on any atom is -0.396 e. The van der Waals surface area contributed by atoms with Crippen LogP contribution >= 0.6 is 0 Å². The highest BCUT2D eigenvalue weighted by atomic mass is 16.3. The lowest BCUT2D eigenvalue weighted by Gasteiger charge is -2.42. The van der Waals surface area contributed by atoms with Gasteiger partial charge in [-0.1, -0.05) is 18.1 Å². The second kappa shape index (κ2) is 3.16. The minimum absolute atomic E-state index is 0.0533. The minimum atomic E-state index is -0.522. The van der Waals surface area contributed by atoms with Gasteiger partial charge in [-0.05, 0) is 57.3 Å². The van der Waals surface area contributed by atoms with Crippen molar-refractivity contribution in [2.24, 2.45) is 16.7 Å². The summed E-state index contributed by atoms with van der Waals surface area (Å²) in [6.07, 6.45) is 5.28. The SMILES string of the molecule is CC1=C2C[C@](C)(CO)C[C@H]2C[C@@](C)(O)C12CC2. The van der Waals surface area contributed by atoms with Crippen LogP contribution in [0.2, 0.25) is 0 Å². The molecule has 3 aliphatic carbocycles. The van der Waals surface area contributed by atoms with E-state index in [1.807, 2.05) is 6.92 Å². The standard InChI is InChI=1S/C15H24O2/c1-10-12-8-13(2,9-16)6-11(12)7-14(3,17)15(10)4-5-15/h11,16-17H,4-9H2,1-3H3/t11-,13+,14+/m0/s1. The van der Waals surface area contributed by atoms with Crippen LogP contribution in [-0.2, 0) is 0 Å². The molecule has 0 unspecified atom stereocenters. The summed E-state index contributed by atoms with van der Waals surface area (Å²) in [7, 11) is 0. The van der Waals surface area contributed by atoms with Gasteiger partial charge in [0.05, 0.1) is 5.60 Å². The Labute approximate surface area is 104 Å². The quantitative estimate of drug-likeness (QED) is 0.687. The van der Waals surface area contributed by atoms with Gasteiger partial charge in [-0.25, -0.2) is 0 Å². The third-order valence-electron chi connectivity index (χ3n) is 5.86. The van der Waals surface area contributed by atoms with Crippen molar-refractivity contribution in [3.05, 3.63) is 11.1 Å². The lowest BCUT2D eigenvalue weighted by atomic mass is 9.67. The van der Waals surface area contributed by atoms with E-state index in [2.05, 4.69) is 13.8 Å². The van der Waals surface area contributed by atoms with E-state index >= 15 is 0 Å². The number of allylic oxidation sites excluding steroid dienone is 1. The van der Waals surface area contributed by atoms with E-state index in [-0.39, 0.29) is 17.4 Å². The zero-order chi connectivity index (χ0) is 12.5. The van der Waals surface area contributed by atoms with Crippen LogP contribution in [0.15, 0.2) is 11.1 Å². The molecule has 96 valence electrons. The molecule has 17 heavy (non-hydrogen) atoms. The maximum atomic E-state index is 10.7. The molecule has 0 aromatic heterocycles. The van der Waals surface area contributed by atoms with E-state index < -0.39 is 5.60 Å². The van der Waals surface area contributed by atoms with Crippen molar-refractivity contribution in [1.82, 2.24) is 0 Å². The molecule has 0 heterocycles. The molecule has 0 saturated heterocycles. The Kier molecular flexibility index (Phi) is 2.18. The van der Waals surface area contributed by atoms with E-state index in [9.17, 15) is 10.2 Å². The van der Waals surface area contributed by atoms with Crippen molar-refractivity contribution in [1.29, 1.82) is 0 Å². The van der Waals surface area contributed by atoms with Crippen LogP contribution in [0.5, 0.6) is 0 Å². The second-order valence-electron chi connectivity index (χ2n) is 7.26. The van der Waals surface area contributed by atoms with Gasteiger partial charge in [0.25, 0.3) is 0 Å². The molecule has 2 heteroatoms. The third kappa shape index (κ3) is 1.40. The number of fused-ring (bicyclic) bond motifs is 1. The van der Waals surface area contributed by atoms with Crippen molar-refractivity contribution in [3.63, 3.8) is 0 Å². The molecule has 0 bridgehead atoms. The molecule has 2 saturated carbocycles. The highest BCUT2D eigenvalue weighted by Gasteiger charge is 2.62. The van der Waals surface area contributed by atoms with Crippen LogP contribution in [0.4, 0.5) is 0 Å². The summed E-state index contributed by atoms with van der Waals surface area (Å²) in [6.45, 7) is 6.70. The van der Waals surface area contributed by atoms with Crippen molar-refractivity contribution in [3.8, 4) is 0 Å². The first-order chi connectivity index (χ1) is 7.84. The molecule has 0 aromatic rings. The molecule has 0 radical (unpaired) electrons. The van der Waals surface area contributed by atoms with Crippen LogP contribution in [0.1, 0.15) is 52.9 Å². The lowest BCUT2D eigenvalue weighted by Crippen LogP contribution is -2.42. The van der Waals surface area contributed by atoms with Crippen LogP contribution in [0, 0.1) is 16.7 Å². The first-order valence-electron chi connectivity index (χ1n) is 6.87. The largest absolute Gasteiger partial charge is 0.396 e. The Bertz CT molecular complexity index is 390. The van der Waals surface area contributed by atoms with Crippen molar-refractivity contribution < 1.29 is 10.2 Å². The summed E-state index contributed by atoms with van der Waals surface area (Å²) >= 11 is 0. The fourth-order valence-electron chi connectivity index (χ4n) is 4.57. The second-order valence-corrected chi connectivity index (χ2v) is 7.26. The van der Waals surface area contributed by atoms with Crippen LogP contribution in [-0.4, -0.2) is 22.4 Å². The maximum Gasteiger partial charge on any atom is 0.0718 e. The molecule has 0 aliphatic heterocycles. The maximum absolute atomic E-state index is 10.7. The molecule has 3 aliphatic rings. The fraction of sp³-hybridized carbons (Fsp3) is 0.867. The number of hydrogen-bond acceptors (Lipinski definition) is 2. The summed E-state index contributed by atoms with van der Waals surface area (Å²) in [5.41, 5.74) is 2.64. The molecular formula is C15H24O2. The van der Waals surface area contributed by atoms with Gasteiger partial charge in [0.2, 0.25) is 0 Å². The normalized spacial score (nSPS) is 47.5. The van der Waals surface area contributed by atoms with E-state index in [0.717, 1.165) is 32.1 Å². The average Bonchev–Trinajstić information content (AvgIpc) is 2.98. The van der Waals surface area contributed by atoms with E-state index in [1.165, 1.54) is 5.57 Å². The predicted octanol–water partition coefficient (Wildman–Crippen LogP) is 2.65. The Morgan fingerprint density at radius 1 is 1.24 bits per heavy atom. The molecule has 1 spiro atoms. The van der Waals surface area contributed by atoms with E-state index in [4.69, 9.17) is 0 Å². The molecule has 0 aromatic carbocycles. The lowest BCUT2D eigenvalue weighted by molar-refractivity contribution is -0.0273. The molecule has 3 atom stereocenters. The Balaban J connectivity index is 2.02. The van der Waals surface area contributed by atoms with Gasteiger partial charge >= 0.3 is 0 Å². The molecule has 2 fully saturated rings. The van der Waals surface area contributed by atoms with Crippen molar-refractivity contribution in [2.45, 2.75) is 58.5 Å². The first-order valence-corrected chi connectivity index (χ1v) is 6.87. The molecule has 2 N–H and O–H groups in total. The first kappa shape index (κ1) is 11.7. The summed E-state index contributed by atoms with van der Waals surface area (Å²) in [5.74, 6) is 0.508. The fourth-order valence-corrected chi connectivity index (χ4v) is 4.57. The zero-order valence-electron chi connectivity index (χ0n) is 11.2. The van der Waals surface area contributed by atoms with Crippen LogP contribution in [0.25, 0.3) is 0 Å². The van der Waals surface area contributed by atoms with E-state index in [0.29, 0.717) is 5.92 Å². The highest BCUT2D eigenvalue weighted by Crippen LogP contribution is 2.67. The number of rotatable bonds is 1. The van der Waals surface area contributed by atoms with Gasteiger partial charge in [0.15, 0.2) is 0 Å². The monoisotopic (exact) mass is 236 g/mol. The Morgan fingerprint density at radius 3 is 2.41 bits per heavy atom. The predicted molar refractivity (Wildman–Crippen MR) is 67.5 cm³/mol. The topological polar surface area (TPSA) is 40.5 Å². The van der Waals surface area contributed by atoms with Gasteiger partial charge in [-0.3, -0.25) is 0 Å². The number of aliphatic hydroxyl groups excluding tert-OH is 1. The van der Waals surface area contributed by atoms with Crippen molar-refractivity contribution in [2.75, 3.05) is 6.61 Å². The summed E-state index contributed by atoms with van der Waals surface area (Å²) in [4.78, 5) is 0. The van der Waals surface area contributed by atoms with Gasteiger partial charge in [0.1, 0.15) is 0 Å². The average molecular weight is 236 g/mol. The van der Waals surface area contributed by atoms with Crippen LogP contribution < -0.4 is 0 Å². The zero-order valence-corrected chi connectivity index (χ0v) is 11.2. The Morgan fingerprint density at radius 2 is 1.88 bits per heavy atom. The molecule has 2 nitrogen and oxygen atoms in total. The smallest absolute Gasteiger partial charge is 0.0718 e. The van der Waals surface area contributed by atoms with Crippen molar-refractivity contribution >= 4 is 0 Å². The highest BCUT2D eigenvalue weighted by molar-refractivity contribution is 5.38. The van der Waals surface area contributed by atoms with Gasteiger partial charge in [0, 0.05) is 12.0 Å². The third-order valence-corrected chi connectivity index (χ3v) is 5.86. The summed E-state index contributed by atoms with van der Waals surface area (Å²) < 4.78 is 0. The van der Waals surface area contributed by atoms with Gasteiger partial charge in [-0.2, -0.15) is 0 Å². The van der Waals surface area contributed by atoms with E-state index in [1.54, 1.807) is 5.57 Å². The van der Waals surface area contributed by atoms with Gasteiger partial charge in [-0.15, -0.1) is 0 Å². The Hall–Kier alpha value is -0.340.